The maximum absolute atomic E-state index is 14.2. The summed E-state index contributed by atoms with van der Waals surface area (Å²) >= 11 is 0. The maximum Gasteiger partial charge on any atom is 0.235 e. The molecule has 4 aromatic rings. The lowest BCUT2D eigenvalue weighted by Gasteiger charge is -2.49. The van der Waals surface area contributed by atoms with Crippen molar-refractivity contribution in [3.8, 4) is 11.3 Å². The molecule has 3 unspecified atom stereocenters. The van der Waals surface area contributed by atoms with Gasteiger partial charge in [-0.3, -0.25) is 14.9 Å². The minimum atomic E-state index is -0.823. The predicted octanol–water partition coefficient (Wildman–Crippen LogP) is 4.98. The molecule has 6 nitrogen and oxygen atoms in total. The van der Waals surface area contributed by atoms with E-state index in [9.17, 15) is 14.0 Å². The molecule has 3 aliphatic rings. The fraction of sp³-hybridized carbons (Fsp3) is 0.222. The van der Waals surface area contributed by atoms with Crippen LogP contribution in [-0.4, -0.2) is 21.8 Å². The third kappa shape index (κ3) is 2.96. The Balaban J connectivity index is 1.30. The van der Waals surface area contributed by atoms with Gasteiger partial charge in [0.1, 0.15) is 5.82 Å². The fourth-order valence-electron chi connectivity index (χ4n) is 5.46. The molecule has 1 fully saturated rings. The van der Waals surface area contributed by atoms with Gasteiger partial charge in [0.2, 0.25) is 17.8 Å². The van der Waals surface area contributed by atoms with E-state index in [2.05, 4.69) is 26.7 Å². The zero-order chi connectivity index (χ0) is 23.6. The molecular formula is C27H23FN4O2. The Morgan fingerprint density at radius 1 is 1.12 bits per heavy atom. The number of nitrogens with one attached hydrogen (secondary N) is 3. The molecule has 3 aromatic carbocycles. The number of anilines is 1. The highest BCUT2D eigenvalue weighted by molar-refractivity contribution is 6.00. The zero-order valence-electron chi connectivity index (χ0n) is 18.8. The lowest BCUT2D eigenvalue weighted by molar-refractivity contribution is -0.137. The summed E-state index contributed by atoms with van der Waals surface area (Å²) in [6, 6.07) is 16.0. The number of fused-ring (bicyclic) bond motifs is 3. The molecule has 0 radical (unpaired) electrons. The van der Waals surface area contributed by atoms with Crippen LogP contribution in [0.15, 0.2) is 60.8 Å². The van der Waals surface area contributed by atoms with Crippen molar-refractivity contribution in [3.63, 3.8) is 0 Å². The van der Waals surface area contributed by atoms with Gasteiger partial charge in [-0.25, -0.2) is 9.37 Å². The van der Waals surface area contributed by atoms with Gasteiger partial charge < -0.3 is 10.3 Å². The highest BCUT2D eigenvalue weighted by Crippen LogP contribution is 2.53. The number of imidazole rings is 1. The van der Waals surface area contributed by atoms with Crippen molar-refractivity contribution in [1.82, 2.24) is 15.3 Å². The molecule has 7 rings (SSSR count). The average molecular weight is 455 g/mol. The number of carbonyl (C=O) groups is 2. The van der Waals surface area contributed by atoms with Gasteiger partial charge >= 0.3 is 0 Å². The summed E-state index contributed by atoms with van der Waals surface area (Å²) in [5.41, 5.74) is 3.76. The Morgan fingerprint density at radius 3 is 2.74 bits per heavy atom. The number of rotatable bonds is 3. The van der Waals surface area contributed by atoms with Gasteiger partial charge in [0.15, 0.2) is 0 Å². The first-order chi connectivity index (χ1) is 16.3. The van der Waals surface area contributed by atoms with E-state index < -0.39 is 11.5 Å². The van der Waals surface area contributed by atoms with Gasteiger partial charge in [-0.1, -0.05) is 48.0 Å². The van der Waals surface area contributed by atoms with Crippen LogP contribution in [0.25, 0.3) is 22.0 Å². The minimum Gasteiger partial charge on any atom is -0.348 e. The lowest BCUT2D eigenvalue weighted by Crippen LogP contribution is -2.57. The van der Waals surface area contributed by atoms with Gasteiger partial charge in [-0.05, 0) is 48.9 Å². The highest BCUT2D eigenvalue weighted by atomic mass is 19.1. The van der Waals surface area contributed by atoms with E-state index in [0.717, 1.165) is 27.6 Å². The number of nitrogens with zero attached hydrogens (tertiary/aromatic N) is 1. The first kappa shape index (κ1) is 20.6. The van der Waals surface area contributed by atoms with Crippen LogP contribution in [-0.2, 0) is 9.59 Å². The number of benzene rings is 3. The summed E-state index contributed by atoms with van der Waals surface area (Å²) in [6.07, 6.45) is 2.06. The predicted molar refractivity (Wildman–Crippen MR) is 128 cm³/mol. The van der Waals surface area contributed by atoms with Crippen molar-refractivity contribution < 1.29 is 14.0 Å². The average Bonchev–Trinajstić information content (AvgIpc) is 3.28. The van der Waals surface area contributed by atoms with Crippen molar-refractivity contribution in [2.75, 3.05) is 5.32 Å². The summed E-state index contributed by atoms with van der Waals surface area (Å²) in [5.74, 6) is -0.569. The molecule has 3 N–H and O–H groups in total. The quantitative estimate of drug-likeness (QED) is 0.408. The van der Waals surface area contributed by atoms with Gasteiger partial charge in [0.25, 0.3) is 0 Å². The van der Waals surface area contributed by atoms with Crippen molar-refractivity contribution in [2.45, 2.75) is 32.2 Å². The van der Waals surface area contributed by atoms with E-state index in [4.69, 9.17) is 0 Å². The Morgan fingerprint density at radius 2 is 1.91 bits per heavy atom. The Labute approximate surface area is 195 Å². The monoisotopic (exact) mass is 454 g/mol. The molecule has 1 aliphatic carbocycles. The van der Waals surface area contributed by atoms with Crippen LogP contribution in [0.4, 0.5) is 10.3 Å². The van der Waals surface area contributed by atoms with Gasteiger partial charge in [0.05, 0.1) is 29.3 Å². The van der Waals surface area contributed by atoms with Crippen LogP contribution >= 0.6 is 0 Å². The van der Waals surface area contributed by atoms with E-state index in [0.29, 0.717) is 23.4 Å². The van der Waals surface area contributed by atoms with E-state index >= 15 is 0 Å². The molecule has 2 bridgehead atoms. The number of hydrogen-bond acceptors (Lipinski definition) is 3. The number of aromatic nitrogens is 2. The number of amides is 2. The number of H-pyrrole nitrogens is 1. The molecule has 7 heteroatoms. The third-order valence-corrected chi connectivity index (χ3v) is 7.28. The van der Waals surface area contributed by atoms with Crippen LogP contribution in [0.1, 0.15) is 42.0 Å². The molecule has 2 amide bonds. The normalized spacial score (nSPS) is 23.0. The summed E-state index contributed by atoms with van der Waals surface area (Å²) in [7, 11) is 0. The van der Waals surface area contributed by atoms with Crippen molar-refractivity contribution in [2.24, 2.45) is 5.41 Å². The molecule has 170 valence electrons. The summed E-state index contributed by atoms with van der Waals surface area (Å²) in [4.78, 5) is 33.6. The van der Waals surface area contributed by atoms with Gasteiger partial charge in [0, 0.05) is 10.9 Å². The summed E-state index contributed by atoms with van der Waals surface area (Å²) in [5, 5.41) is 7.24. The Bertz CT molecular complexity index is 1490. The summed E-state index contributed by atoms with van der Waals surface area (Å²) < 4.78 is 14.2. The first-order valence-corrected chi connectivity index (χ1v) is 11.3. The molecule has 34 heavy (non-hydrogen) atoms. The molecule has 2 aliphatic heterocycles. The maximum atomic E-state index is 14.2. The van der Waals surface area contributed by atoms with E-state index in [1.165, 1.54) is 6.07 Å². The molecule has 3 atom stereocenters. The second kappa shape index (κ2) is 7.25. The van der Waals surface area contributed by atoms with Crippen molar-refractivity contribution in [3.05, 3.63) is 83.3 Å². The first-order valence-electron chi connectivity index (χ1n) is 11.3. The van der Waals surface area contributed by atoms with Crippen LogP contribution in [0.5, 0.6) is 0 Å². The molecule has 1 aromatic heterocycles. The van der Waals surface area contributed by atoms with Gasteiger partial charge in [-0.15, -0.1) is 0 Å². The smallest absolute Gasteiger partial charge is 0.235 e. The van der Waals surface area contributed by atoms with Crippen LogP contribution in [0, 0.1) is 18.2 Å². The molecule has 0 saturated carbocycles. The lowest BCUT2D eigenvalue weighted by atomic mass is 9.61. The third-order valence-electron chi connectivity index (χ3n) is 7.28. The number of aryl methyl sites for hydroxylation is 1. The molecule has 1 saturated heterocycles. The number of aromatic amines is 1. The largest absolute Gasteiger partial charge is 0.348 e. The number of halogens is 1. The van der Waals surface area contributed by atoms with E-state index in [1.807, 2.05) is 38.1 Å². The van der Waals surface area contributed by atoms with Crippen LogP contribution in [0.2, 0.25) is 0 Å². The minimum absolute atomic E-state index is 0.0307. The number of piperidine rings is 1. The van der Waals surface area contributed by atoms with E-state index in [1.54, 1.807) is 24.4 Å². The van der Waals surface area contributed by atoms with Gasteiger partial charge in [-0.2, -0.15) is 0 Å². The number of carbonyl (C=O) groups excluding carboxylic acids is 2. The standard InChI is InChI=1S/C27H23FN4O2/c1-14-7-8-18-19(11-14)20-12-27(2,23(18)31-24(20)33)25(34)32-26-29-13-22(30-26)17-9-10-21(28)16-6-4-3-5-15(16)17/h3-11,13,20,23H,12H2,1-2H3,(H,31,33)(H2,29,30,32,34). The molecule has 3 heterocycles. The number of hydrogen-bond donors (Lipinski definition) is 3. The molecular weight excluding hydrogens is 431 g/mol. The highest BCUT2D eigenvalue weighted by Gasteiger charge is 2.55. The zero-order valence-corrected chi connectivity index (χ0v) is 18.8. The Hall–Kier alpha value is -4.00. The van der Waals surface area contributed by atoms with Crippen molar-refractivity contribution >= 4 is 28.5 Å². The second-order valence-corrected chi connectivity index (χ2v) is 9.49. The fourth-order valence-corrected chi connectivity index (χ4v) is 5.46. The van der Waals surface area contributed by atoms with Crippen molar-refractivity contribution in [1.29, 1.82) is 0 Å². The van der Waals surface area contributed by atoms with Crippen LogP contribution in [0.3, 0.4) is 0 Å². The SMILES string of the molecule is Cc1ccc2c(c1)C1CC(C)(C(=O)Nc3ncc(-c4ccc(F)c5ccccc45)[nH]3)C2NC1=O. The van der Waals surface area contributed by atoms with E-state index in [-0.39, 0.29) is 23.5 Å². The topological polar surface area (TPSA) is 86.9 Å². The molecule has 0 spiro atoms. The Kier molecular flexibility index (Phi) is 4.39. The summed E-state index contributed by atoms with van der Waals surface area (Å²) in [6.45, 7) is 3.89. The second-order valence-electron chi connectivity index (χ2n) is 9.49. The van der Waals surface area contributed by atoms with Crippen LogP contribution < -0.4 is 10.6 Å².